The number of nitrogens with one attached hydrogen (secondary N) is 2. The van der Waals surface area contributed by atoms with Crippen LogP contribution in [0.4, 0.5) is 0 Å². The van der Waals surface area contributed by atoms with Crippen molar-refractivity contribution in [3.63, 3.8) is 0 Å². The van der Waals surface area contributed by atoms with Crippen molar-refractivity contribution >= 4 is 21.0 Å². The van der Waals surface area contributed by atoms with Gasteiger partial charge in [-0.25, -0.2) is 13.1 Å². The lowest BCUT2D eigenvalue weighted by Gasteiger charge is -2.11. The lowest BCUT2D eigenvalue weighted by Crippen LogP contribution is -2.32. The number of para-hydroxylation sites is 1. The molecule has 19 heavy (non-hydrogen) atoms. The highest BCUT2D eigenvalue weighted by Crippen LogP contribution is 2.23. The van der Waals surface area contributed by atoms with E-state index in [2.05, 4.69) is 10.0 Å². The van der Waals surface area contributed by atoms with E-state index in [9.17, 15) is 8.42 Å². The summed E-state index contributed by atoms with van der Waals surface area (Å²) in [5.41, 5.74) is 0.861. The van der Waals surface area contributed by atoms with Crippen molar-refractivity contribution in [1.29, 1.82) is 0 Å². The van der Waals surface area contributed by atoms with E-state index in [1.807, 2.05) is 37.3 Å². The van der Waals surface area contributed by atoms with Crippen LogP contribution in [0.5, 0.6) is 0 Å². The lowest BCUT2D eigenvalue weighted by molar-refractivity contribution is 0.453. The van der Waals surface area contributed by atoms with Gasteiger partial charge in [0.1, 0.15) is 11.3 Å². The Morgan fingerprint density at radius 1 is 1.26 bits per heavy atom. The Kier molecular flexibility index (Phi) is 4.24. The Morgan fingerprint density at radius 2 is 2.00 bits per heavy atom. The fourth-order valence-electron chi connectivity index (χ4n) is 1.84. The second-order valence-electron chi connectivity index (χ2n) is 4.53. The first kappa shape index (κ1) is 14.0. The highest BCUT2D eigenvalue weighted by atomic mass is 32.2. The molecule has 0 amide bonds. The molecule has 0 radical (unpaired) electrons. The van der Waals surface area contributed by atoms with Crippen LogP contribution in [-0.4, -0.2) is 27.8 Å². The summed E-state index contributed by atoms with van der Waals surface area (Å²) in [7, 11) is -3.12. The normalized spacial score (nSPS) is 13.8. The minimum Gasteiger partial charge on any atom is -0.459 e. The van der Waals surface area contributed by atoms with E-state index in [4.69, 9.17) is 4.42 Å². The number of rotatable bonds is 6. The number of benzene rings is 1. The van der Waals surface area contributed by atoms with Crippen LogP contribution in [0.2, 0.25) is 0 Å². The van der Waals surface area contributed by atoms with Gasteiger partial charge in [-0.05, 0) is 19.1 Å². The second-order valence-corrected chi connectivity index (χ2v) is 6.36. The molecule has 1 unspecified atom stereocenters. The van der Waals surface area contributed by atoms with Crippen molar-refractivity contribution in [2.45, 2.75) is 13.0 Å². The number of hydrogen-bond acceptors (Lipinski definition) is 4. The van der Waals surface area contributed by atoms with Crippen molar-refractivity contribution in [2.75, 3.05) is 19.3 Å². The van der Waals surface area contributed by atoms with Crippen LogP contribution in [0.1, 0.15) is 18.7 Å². The Bertz CT molecular complexity index is 616. The molecule has 0 aliphatic rings. The van der Waals surface area contributed by atoms with Crippen molar-refractivity contribution in [3.8, 4) is 0 Å². The summed E-state index contributed by atoms with van der Waals surface area (Å²) in [5.74, 6) is 0.848. The van der Waals surface area contributed by atoms with Crippen LogP contribution in [-0.2, 0) is 10.0 Å². The van der Waals surface area contributed by atoms with E-state index in [-0.39, 0.29) is 6.04 Å². The minimum atomic E-state index is -3.12. The maximum absolute atomic E-state index is 10.9. The fraction of sp³-hybridized carbons (Fsp3) is 0.385. The first-order chi connectivity index (χ1) is 8.96. The summed E-state index contributed by atoms with van der Waals surface area (Å²) in [5, 5.41) is 4.28. The van der Waals surface area contributed by atoms with E-state index >= 15 is 0 Å². The third-order valence-electron chi connectivity index (χ3n) is 2.81. The van der Waals surface area contributed by atoms with Gasteiger partial charge in [0.2, 0.25) is 10.0 Å². The van der Waals surface area contributed by atoms with Crippen molar-refractivity contribution in [3.05, 3.63) is 36.1 Å². The van der Waals surface area contributed by atoms with Crippen molar-refractivity contribution in [1.82, 2.24) is 10.0 Å². The summed E-state index contributed by atoms with van der Waals surface area (Å²) in [6, 6.07) is 9.86. The Morgan fingerprint density at radius 3 is 2.68 bits per heavy atom. The number of fused-ring (bicyclic) bond motifs is 1. The zero-order chi connectivity index (χ0) is 13.9. The molecular weight excluding hydrogens is 264 g/mol. The lowest BCUT2D eigenvalue weighted by atomic mass is 10.2. The van der Waals surface area contributed by atoms with Gasteiger partial charge in [0.05, 0.1) is 12.3 Å². The number of sulfonamides is 1. The molecule has 1 aromatic carbocycles. The highest BCUT2D eigenvalue weighted by Gasteiger charge is 2.10. The first-order valence-corrected chi connectivity index (χ1v) is 8.01. The molecule has 0 spiro atoms. The zero-order valence-electron chi connectivity index (χ0n) is 11.0. The van der Waals surface area contributed by atoms with Crippen LogP contribution in [0, 0.1) is 0 Å². The summed E-state index contributed by atoms with van der Waals surface area (Å²) < 4.78 is 30.0. The number of hydrogen-bond donors (Lipinski definition) is 2. The van der Waals surface area contributed by atoms with Gasteiger partial charge in [-0.1, -0.05) is 18.2 Å². The van der Waals surface area contributed by atoms with Crippen LogP contribution < -0.4 is 10.0 Å². The van der Waals surface area contributed by atoms with Gasteiger partial charge in [-0.2, -0.15) is 0 Å². The van der Waals surface area contributed by atoms with Crippen LogP contribution in [0.25, 0.3) is 11.0 Å². The van der Waals surface area contributed by atoms with Crippen molar-refractivity contribution < 1.29 is 12.8 Å². The smallest absolute Gasteiger partial charge is 0.208 e. The van der Waals surface area contributed by atoms with E-state index < -0.39 is 10.0 Å². The summed E-state index contributed by atoms with van der Waals surface area (Å²) in [6.45, 7) is 2.90. The predicted octanol–water partition coefficient (Wildman–Crippen LogP) is 1.63. The van der Waals surface area contributed by atoms with Gasteiger partial charge in [-0.15, -0.1) is 0 Å². The molecule has 104 valence electrons. The monoisotopic (exact) mass is 282 g/mol. The third-order valence-corrected chi connectivity index (χ3v) is 3.54. The zero-order valence-corrected chi connectivity index (χ0v) is 11.8. The van der Waals surface area contributed by atoms with Crippen LogP contribution >= 0.6 is 0 Å². The highest BCUT2D eigenvalue weighted by molar-refractivity contribution is 7.88. The van der Waals surface area contributed by atoms with E-state index in [0.29, 0.717) is 13.1 Å². The summed E-state index contributed by atoms with van der Waals surface area (Å²) >= 11 is 0. The molecular formula is C13H18N2O3S. The Labute approximate surface area is 113 Å². The van der Waals surface area contributed by atoms with E-state index in [0.717, 1.165) is 23.0 Å². The summed E-state index contributed by atoms with van der Waals surface area (Å²) in [6.07, 6.45) is 1.15. The molecule has 2 N–H and O–H groups in total. The molecule has 1 atom stereocenters. The summed E-state index contributed by atoms with van der Waals surface area (Å²) in [4.78, 5) is 0. The fourth-order valence-corrected chi connectivity index (χ4v) is 2.31. The molecule has 6 heteroatoms. The molecule has 2 aromatic rings. The molecule has 0 fully saturated rings. The molecule has 0 saturated carbocycles. The van der Waals surface area contributed by atoms with Gasteiger partial charge in [0, 0.05) is 18.5 Å². The van der Waals surface area contributed by atoms with Gasteiger partial charge in [-0.3, -0.25) is 0 Å². The predicted molar refractivity (Wildman–Crippen MR) is 75.5 cm³/mol. The largest absolute Gasteiger partial charge is 0.459 e. The SMILES string of the molecule is CC(NCCNS(C)(=O)=O)c1cc2ccccc2o1. The average molecular weight is 282 g/mol. The standard InChI is InChI=1S/C13H18N2O3S/c1-10(14-7-8-15-19(2,16)17)13-9-11-5-3-4-6-12(11)18-13/h3-6,9-10,14-15H,7-8H2,1-2H3. The van der Waals surface area contributed by atoms with E-state index in [1.54, 1.807) is 0 Å². The maximum atomic E-state index is 10.9. The maximum Gasteiger partial charge on any atom is 0.208 e. The van der Waals surface area contributed by atoms with Gasteiger partial charge < -0.3 is 9.73 Å². The van der Waals surface area contributed by atoms with Crippen molar-refractivity contribution in [2.24, 2.45) is 0 Å². The topological polar surface area (TPSA) is 71.3 Å². The number of furan rings is 1. The molecule has 2 rings (SSSR count). The molecule has 0 saturated heterocycles. The average Bonchev–Trinajstić information content (AvgIpc) is 2.77. The van der Waals surface area contributed by atoms with Crippen LogP contribution in [0.15, 0.2) is 34.7 Å². The molecule has 0 aliphatic carbocycles. The Hall–Kier alpha value is -1.37. The van der Waals surface area contributed by atoms with Crippen LogP contribution in [0.3, 0.4) is 0 Å². The molecule has 5 nitrogen and oxygen atoms in total. The molecule has 0 aliphatic heterocycles. The molecule has 1 aromatic heterocycles. The van der Waals surface area contributed by atoms with Gasteiger partial charge in [0.15, 0.2) is 0 Å². The second kappa shape index (κ2) is 5.73. The minimum absolute atomic E-state index is 0.0359. The van der Waals surface area contributed by atoms with E-state index in [1.165, 1.54) is 0 Å². The quantitative estimate of drug-likeness (QED) is 0.790. The first-order valence-electron chi connectivity index (χ1n) is 6.12. The van der Waals surface area contributed by atoms with Gasteiger partial charge >= 0.3 is 0 Å². The van der Waals surface area contributed by atoms with Gasteiger partial charge in [0.25, 0.3) is 0 Å². The third kappa shape index (κ3) is 4.05. The molecule has 1 heterocycles. The molecule has 0 bridgehead atoms. The Balaban J connectivity index is 1.91.